The van der Waals surface area contributed by atoms with Crippen LogP contribution in [0.15, 0.2) is 66.2 Å². The smallest absolute Gasteiger partial charge is 0.407 e. The van der Waals surface area contributed by atoms with Crippen molar-refractivity contribution in [2.75, 3.05) is 20.3 Å². The molecule has 37 heavy (non-hydrogen) atoms. The van der Waals surface area contributed by atoms with Crippen LogP contribution in [0.3, 0.4) is 0 Å². The van der Waals surface area contributed by atoms with E-state index in [2.05, 4.69) is 22.2 Å². The van der Waals surface area contributed by atoms with Crippen molar-refractivity contribution in [3.8, 4) is 11.1 Å². The predicted octanol–water partition coefficient (Wildman–Crippen LogP) is 2.18. The fourth-order valence-corrected chi connectivity index (χ4v) is 4.35. The van der Waals surface area contributed by atoms with Gasteiger partial charge in [0.05, 0.1) is 7.11 Å². The van der Waals surface area contributed by atoms with E-state index in [9.17, 15) is 14.4 Å². The molecule has 0 fully saturated rings. The average molecular weight is 508 g/mol. The molecule has 0 spiro atoms. The lowest BCUT2D eigenvalue weighted by Crippen LogP contribution is -2.52. The second-order valence-electron chi connectivity index (χ2n) is 8.58. The molecular formula is C27H33N5O5. The van der Waals surface area contributed by atoms with Gasteiger partial charge in [0, 0.05) is 12.5 Å². The molecule has 0 saturated heterocycles. The Morgan fingerprint density at radius 2 is 1.65 bits per heavy atom. The molecule has 0 radical (unpaired) electrons. The normalized spacial score (nSPS) is 13.3. The number of carbonyl (C=O) groups excluding carboxylic acids is 3. The molecule has 6 N–H and O–H groups in total. The molecule has 2 atom stereocenters. The van der Waals surface area contributed by atoms with Crippen LogP contribution in [0.2, 0.25) is 0 Å². The summed E-state index contributed by atoms with van der Waals surface area (Å²) in [6.07, 6.45) is 1.54. The molecule has 3 rings (SSSR count). The van der Waals surface area contributed by atoms with Crippen molar-refractivity contribution in [2.24, 2.45) is 16.5 Å². The van der Waals surface area contributed by atoms with E-state index in [0.717, 1.165) is 22.3 Å². The van der Waals surface area contributed by atoms with Gasteiger partial charge in [0.25, 0.3) is 0 Å². The summed E-state index contributed by atoms with van der Waals surface area (Å²) in [5, 5.41) is 5.23. The molecule has 0 aromatic heterocycles. The number of ether oxygens (including phenoxy) is 2. The third kappa shape index (κ3) is 7.09. The number of rotatable bonds is 12. The Hall–Kier alpha value is -4.34. The number of aliphatic imine (C=N–C) groups is 1. The van der Waals surface area contributed by atoms with Gasteiger partial charge < -0.3 is 31.6 Å². The highest BCUT2D eigenvalue weighted by molar-refractivity contribution is 5.89. The van der Waals surface area contributed by atoms with Gasteiger partial charge in [-0.1, -0.05) is 54.6 Å². The summed E-state index contributed by atoms with van der Waals surface area (Å²) in [4.78, 5) is 41.7. The zero-order chi connectivity index (χ0) is 26.8. The molecule has 10 nitrogen and oxygen atoms in total. The van der Waals surface area contributed by atoms with E-state index >= 15 is 0 Å². The highest BCUT2D eigenvalue weighted by atomic mass is 16.5. The number of amides is 2. The topological polar surface area (TPSA) is 158 Å². The standard InChI is InChI=1S/C27H33N5O5/c1-3-9-23(25(34)36-2)31-24(33)22(14-8-15-30-26(28)29)32-27(35)37-16-21-19-12-6-4-10-17(19)18-11-5-7-13-20(18)21/h3-7,10-13,21-23H,1,8-9,14-16H2,2H3,(H,31,33)(H,32,35)(H4,28,29,30)/t22-,23-/m0/s1. The van der Waals surface area contributed by atoms with Crippen LogP contribution in [-0.2, 0) is 19.1 Å². The third-order valence-corrected chi connectivity index (χ3v) is 6.10. The van der Waals surface area contributed by atoms with Crippen LogP contribution >= 0.6 is 0 Å². The zero-order valence-electron chi connectivity index (χ0n) is 20.8. The molecule has 0 heterocycles. The highest BCUT2D eigenvalue weighted by Crippen LogP contribution is 2.44. The first-order chi connectivity index (χ1) is 17.8. The molecule has 196 valence electrons. The molecule has 2 aromatic carbocycles. The number of nitrogens with zero attached hydrogens (tertiary/aromatic N) is 1. The summed E-state index contributed by atoms with van der Waals surface area (Å²) in [7, 11) is 1.23. The van der Waals surface area contributed by atoms with Crippen molar-refractivity contribution in [1.82, 2.24) is 10.6 Å². The van der Waals surface area contributed by atoms with Crippen LogP contribution in [0.4, 0.5) is 4.79 Å². The van der Waals surface area contributed by atoms with Crippen molar-refractivity contribution in [3.05, 3.63) is 72.3 Å². The lowest BCUT2D eigenvalue weighted by atomic mass is 9.98. The van der Waals surface area contributed by atoms with E-state index in [4.69, 9.17) is 20.9 Å². The molecule has 10 heteroatoms. The third-order valence-electron chi connectivity index (χ3n) is 6.10. The van der Waals surface area contributed by atoms with Gasteiger partial charge in [-0.3, -0.25) is 9.79 Å². The van der Waals surface area contributed by atoms with Crippen LogP contribution < -0.4 is 22.1 Å². The first-order valence-corrected chi connectivity index (χ1v) is 12.0. The quantitative estimate of drug-likeness (QED) is 0.113. The van der Waals surface area contributed by atoms with Gasteiger partial charge in [0.15, 0.2) is 5.96 Å². The average Bonchev–Trinajstić information content (AvgIpc) is 3.22. The fourth-order valence-electron chi connectivity index (χ4n) is 4.35. The van der Waals surface area contributed by atoms with E-state index in [-0.39, 0.29) is 37.9 Å². The number of fused-ring (bicyclic) bond motifs is 3. The SMILES string of the molecule is C=CC[C@H](NC(=O)[C@H](CCCN=C(N)N)NC(=O)OCC1c2ccccc2-c2ccccc21)C(=O)OC. The number of nitrogens with one attached hydrogen (secondary N) is 2. The molecule has 0 bridgehead atoms. The molecule has 1 aliphatic rings. The van der Waals surface area contributed by atoms with Gasteiger partial charge >= 0.3 is 12.1 Å². The Kier molecular flexibility index (Phi) is 9.65. The summed E-state index contributed by atoms with van der Waals surface area (Å²) in [6.45, 7) is 3.97. The highest BCUT2D eigenvalue weighted by Gasteiger charge is 2.30. The number of carbonyl (C=O) groups is 3. The van der Waals surface area contributed by atoms with Crippen LogP contribution in [0.1, 0.15) is 36.3 Å². The van der Waals surface area contributed by atoms with Crippen molar-refractivity contribution in [2.45, 2.75) is 37.3 Å². The summed E-state index contributed by atoms with van der Waals surface area (Å²) in [5.74, 6) is -1.37. The predicted molar refractivity (Wildman–Crippen MR) is 141 cm³/mol. The largest absolute Gasteiger partial charge is 0.467 e. The Morgan fingerprint density at radius 1 is 1.03 bits per heavy atom. The molecule has 1 aliphatic carbocycles. The van der Waals surface area contributed by atoms with E-state index in [1.54, 1.807) is 0 Å². The Morgan fingerprint density at radius 3 is 2.22 bits per heavy atom. The molecule has 0 saturated carbocycles. The lowest BCUT2D eigenvalue weighted by Gasteiger charge is -2.22. The van der Waals surface area contributed by atoms with Crippen molar-refractivity contribution < 1.29 is 23.9 Å². The van der Waals surface area contributed by atoms with Gasteiger partial charge in [-0.15, -0.1) is 6.58 Å². The van der Waals surface area contributed by atoms with Crippen LogP contribution in [0.5, 0.6) is 0 Å². The second-order valence-corrected chi connectivity index (χ2v) is 8.58. The minimum Gasteiger partial charge on any atom is -0.467 e. The lowest BCUT2D eigenvalue weighted by molar-refractivity contribution is -0.145. The maximum atomic E-state index is 13.0. The molecule has 0 unspecified atom stereocenters. The Bertz CT molecular complexity index is 1120. The van der Waals surface area contributed by atoms with E-state index < -0.39 is 30.1 Å². The minimum atomic E-state index is -0.984. The van der Waals surface area contributed by atoms with Crippen LogP contribution in [0.25, 0.3) is 11.1 Å². The van der Waals surface area contributed by atoms with Gasteiger partial charge in [-0.2, -0.15) is 0 Å². The molecule has 2 aromatic rings. The number of guanidine groups is 1. The Balaban J connectivity index is 1.67. The first kappa shape index (κ1) is 27.3. The fraction of sp³-hybridized carbons (Fsp3) is 0.333. The monoisotopic (exact) mass is 507 g/mol. The van der Waals surface area contributed by atoms with Gasteiger partial charge in [0.1, 0.15) is 18.7 Å². The van der Waals surface area contributed by atoms with Gasteiger partial charge in [-0.05, 0) is 41.5 Å². The number of esters is 1. The van der Waals surface area contributed by atoms with Gasteiger partial charge in [0.2, 0.25) is 5.91 Å². The van der Waals surface area contributed by atoms with E-state index in [1.807, 2.05) is 48.5 Å². The maximum absolute atomic E-state index is 13.0. The zero-order valence-corrected chi connectivity index (χ0v) is 20.8. The Labute approximate surface area is 216 Å². The molecule has 2 amide bonds. The number of hydrogen-bond acceptors (Lipinski definition) is 6. The second kappa shape index (κ2) is 13.1. The maximum Gasteiger partial charge on any atom is 0.407 e. The van der Waals surface area contributed by atoms with Crippen LogP contribution in [0, 0.1) is 0 Å². The van der Waals surface area contributed by atoms with Crippen molar-refractivity contribution >= 4 is 23.9 Å². The summed E-state index contributed by atoms with van der Waals surface area (Å²) in [5.41, 5.74) is 15.1. The first-order valence-electron chi connectivity index (χ1n) is 12.0. The summed E-state index contributed by atoms with van der Waals surface area (Å²) < 4.78 is 10.3. The number of alkyl carbamates (subject to hydrolysis) is 1. The van der Waals surface area contributed by atoms with E-state index in [1.165, 1.54) is 13.2 Å². The van der Waals surface area contributed by atoms with Crippen LogP contribution in [-0.4, -0.2) is 56.3 Å². The van der Waals surface area contributed by atoms with E-state index in [0.29, 0.717) is 6.42 Å². The summed E-state index contributed by atoms with van der Waals surface area (Å²) in [6, 6.07) is 14.1. The molecule has 0 aliphatic heterocycles. The number of hydrogen-bond donors (Lipinski definition) is 4. The van der Waals surface area contributed by atoms with Crippen molar-refractivity contribution in [3.63, 3.8) is 0 Å². The minimum absolute atomic E-state index is 0.0674. The van der Waals surface area contributed by atoms with Gasteiger partial charge in [-0.25, -0.2) is 9.59 Å². The molecular weight excluding hydrogens is 474 g/mol. The number of nitrogens with two attached hydrogens (primary N) is 2. The summed E-state index contributed by atoms with van der Waals surface area (Å²) >= 11 is 0. The van der Waals surface area contributed by atoms with Crippen molar-refractivity contribution in [1.29, 1.82) is 0 Å². The number of methoxy groups -OCH3 is 1. The number of benzene rings is 2.